The summed E-state index contributed by atoms with van der Waals surface area (Å²) in [4.78, 5) is 0. The molecule has 0 saturated carbocycles. The fourth-order valence-corrected chi connectivity index (χ4v) is 3.98. The molecule has 0 fully saturated rings. The lowest BCUT2D eigenvalue weighted by Crippen LogP contribution is -2.32. The predicted molar refractivity (Wildman–Crippen MR) is 92.1 cm³/mol. The molecule has 0 spiro atoms. The number of rotatable bonds is 9. The van der Waals surface area contributed by atoms with Gasteiger partial charge in [0.15, 0.2) is 0 Å². The molecule has 0 amide bonds. The Balaban J connectivity index is 2.30. The van der Waals surface area contributed by atoms with Crippen molar-refractivity contribution in [2.45, 2.75) is 37.5 Å². The molecule has 0 radical (unpaired) electrons. The normalized spacial score (nSPS) is 13.7. The van der Waals surface area contributed by atoms with E-state index in [-0.39, 0.29) is 18.1 Å². The van der Waals surface area contributed by atoms with Crippen LogP contribution in [-0.2, 0) is 26.3 Å². The fourth-order valence-electron chi connectivity index (χ4n) is 2.15. The minimum Gasteiger partial charge on any atom is -0.411 e. The highest BCUT2D eigenvalue weighted by Gasteiger charge is 2.26. The van der Waals surface area contributed by atoms with Gasteiger partial charge in [-0.2, -0.15) is 0 Å². The predicted octanol–water partition coefficient (Wildman–Crippen LogP) is 1.48. The molecule has 0 aliphatic heterocycles. The van der Waals surface area contributed by atoms with Crippen molar-refractivity contribution in [2.75, 3.05) is 12.0 Å². The molecule has 0 unspecified atom stereocenters. The first kappa shape index (κ1) is 19.5. The summed E-state index contributed by atoms with van der Waals surface area (Å²) in [6, 6.07) is 8.33. The Morgan fingerprint density at radius 1 is 1.12 bits per heavy atom. The Morgan fingerprint density at radius 2 is 1.80 bits per heavy atom. The van der Waals surface area contributed by atoms with Crippen molar-refractivity contribution >= 4 is 19.9 Å². The molecule has 8 nitrogen and oxygen atoms in total. The molecule has 0 aliphatic carbocycles. The Kier molecular flexibility index (Phi) is 6.31. The number of hydrogen-bond donors (Lipinski definition) is 1. The number of unbranched alkanes of at least 4 members (excludes halogenated alkanes) is 1. The van der Waals surface area contributed by atoms with Gasteiger partial charge in [0.2, 0.25) is 25.8 Å². The van der Waals surface area contributed by atoms with E-state index in [1.165, 1.54) is 0 Å². The van der Waals surface area contributed by atoms with E-state index in [1.54, 1.807) is 0 Å². The molecule has 0 aliphatic rings. The third-order valence-corrected chi connectivity index (χ3v) is 5.68. The van der Waals surface area contributed by atoms with Gasteiger partial charge < -0.3 is 4.42 Å². The minimum atomic E-state index is -3.66. The second-order valence-electron chi connectivity index (χ2n) is 5.71. The zero-order valence-corrected chi connectivity index (χ0v) is 15.7. The Bertz CT molecular complexity index is 892. The van der Waals surface area contributed by atoms with Crippen LogP contribution < -0.4 is 4.72 Å². The second-order valence-corrected chi connectivity index (χ2v) is 9.48. The summed E-state index contributed by atoms with van der Waals surface area (Å²) < 4.78 is 55.3. The molecule has 1 aromatic carbocycles. The Morgan fingerprint density at radius 3 is 2.36 bits per heavy atom. The average Bonchev–Trinajstić information content (AvgIpc) is 3.03. The van der Waals surface area contributed by atoms with Crippen LogP contribution in [0, 0.1) is 0 Å². The van der Waals surface area contributed by atoms with Crippen molar-refractivity contribution in [2.24, 2.45) is 0 Å². The van der Waals surface area contributed by atoms with Crippen LogP contribution in [0.5, 0.6) is 0 Å². The van der Waals surface area contributed by atoms with Crippen LogP contribution in [0.25, 0.3) is 0 Å². The molecule has 1 N–H and O–H groups in total. The molecule has 25 heavy (non-hydrogen) atoms. The highest BCUT2D eigenvalue weighted by molar-refractivity contribution is 7.90. The standard InChI is InChI=1S/C15H21N3O5S2/c1-3-4-10-25(21,22)18-13(11-12-8-6-5-7-9-12)14-16-17-15(23-14)24(2,19)20/h5-9,13,18H,3-4,10-11H2,1-2H3/t13-/m0/s1. The van der Waals surface area contributed by atoms with Crippen molar-refractivity contribution in [1.29, 1.82) is 0 Å². The number of nitrogens with one attached hydrogen (secondary N) is 1. The van der Waals surface area contributed by atoms with E-state index >= 15 is 0 Å². The first-order valence-corrected chi connectivity index (χ1v) is 11.3. The van der Waals surface area contributed by atoms with Crippen LogP contribution in [-0.4, -0.2) is 39.0 Å². The molecule has 138 valence electrons. The fraction of sp³-hybridized carbons (Fsp3) is 0.467. The number of aromatic nitrogens is 2. The topological polar surface area (TPSA) is 119 Å². The molecule has 2 aromatic rings. The van der Waals surface area contributed by atoms with E-state index in [1.807, 2.05) is 37.3 Å². The summed E-state index contributed by atoms with van der Waals surface area (Å²) >= 11 is 0. The maximum atomic E-state index is 12.2. The lowest BCUT2D eigenvalue weighted by Gasteiger charge is -2.15. The minimum absolute atomic E-state index is 0.0259. The van der Waals surface area contributed by atoms with Crippen LogP contribution in [0.2, 0.25) is 0 Å². The summed E-state index contributed by atoms with van der Waals surface area (Å²) in [5, 5.41) is 6.69. The van der Waals surface area contributed by atoms with Gasteiger partial charge in [0.1, 0.15) is 6.04 Å². The van der Waals surface area contributed by atoms with Crippen molar-refractivity contribution < 1.29 is 21.3 Å². The van der Waals surface area contributed by atoms with Gasteiger partial charge in [-0.1, -0.05) is 48.8 Å². The zero-order valence-electron chi connectivity index (χ0n) is 14.0. The average molecular weight is 387 g/mol. The summed E-state index contributed by atoms with van der Waals surface area (Å²) in [6.07, 6.45) is 2.47. The molecule has 0 bridgehead atoms. The summed E-state index contributed by atoms with van der Waals surface area (Å²) in [6.45, 7) is 1.90. The highest BCUT2D eigenvalue weighted by Crippen LogP contribution is 2.20. The van der Waals surface area contributed by atoms with E-state index in [9.17, 15) is 16.8 Å². The van der Waals surface area contributed by atoms with Crippen LogP contribution in [0.3, 0.4) is 0 Å². The van der Waals surface area contributed by atoms with Gasteiger partial charge in [0.05, 0.1) is 5.75 Å². The van der Waals surface area contributed by atoms with Crippen molar-refractivity contribution in [3.8, 4) is 0 Å². The van der Waals surface area contributed by atoms with Gasteiger partial charge in [-0.25, -0.2) is 21.6 Å². The van der Waals surface area contributed by atoms with Gasteiger partial charge in [-0.3, -0.25) is 0 Å². The van der Waals surface area contributed by atoms with Crippen molar-refractivity contribution in [3.63, 3.8) is 0 Å². The smallest absolute Gasteiger partial charge is 0.335 e. The number of benzene rings is 1. The number of hydrogen-bond acceptors (Lipinski definition) is 7. The molecule has 10 heteroatoms. The molecular formula is C15H21N3O5S2. The summed E-state index contributed by atoms with van der Waals surface area (Å²) in [7, 11) is -7.23. The molecular weight excluding hydrogens is 366 g/mol. The summed E-state index contributed by atoms with van der Waals surface area (Å²) in [5.74, 6) is -0.105. The summed E-state index contributed by atoms with van der Waals surface area (Å²) in [5.41, 5.74) is 0.852. The van der Waals surface area contributed by atoms with Crippen LogP contribution in [0.1, 0.15) is 37.3 Å². The van der Waals surface area contributed by atoms with Crippen LogP contribution in [0.15, 0.2) is 40.0 Å². The van der Waals surface area contributed by atoms with Crippen LogP contribution >= 0.6 is 0 Å². The number of sulfonamides is 1. The van der Waals surface area contributed by atoms with Gasteiger partial charge >= 0.3 is 5.22 Å². The maximum Gasteiger partial charge on any atom is 0.335 e. The molecule has 1 heterocycles. The lowest BCUT2D eigenvalue weighted by molar-refractivity contribution is 0.364. The monoisotopic (exact) mass is 387 g/mol. The Hall–Kier alpha value is -1.78. The largest absolute Gasteiger partial charge is 0.411 e. The third-order valence-electron chi connectivity index (χ3n) is 3.41. The van der Waals surface area contributed by atoms with Gasteiger partial charge in [0, 0.05) is 6.26 Å². The molecule has 2 rings (SSSR count). The first-order chi connectivity index (χ1) is 11.7. The van der Waals surface area contributed by atoms with Crippen molar-refractivity contribution in [3.05, 3.63) is 41.8 Å². The van der Waals surface area contributed by atoms with E-state index in [4.69, 9.17) is 4.42 Å². The first-order valence-electron chi connectivity index (χ1n) is 7.78. The number of nitrogens with zero attached hydrogens (tertiary/aromatic N) is 2. The molecule has 0 saturated heterocycles. The van der Waals surface area contributed by atoms with Crippen LogP contribution in [0.4, 0.5) is 0 Å². The SMILES string of the molecule is CCCCS(=O)(=O)N[C@@H](Cc1ccccc1)c1nnc(S(C)(=O)=O)o1. The zero-order chi connectivity index (χ0) is 18.5. The second kappa shape index (κ2) is 8.07. The molecule has 1 atom stereocenters. The van der Waals surface area contributed by atoms with Gasteiger partial charge in [-0.05, 0) is 18.4 Å². The van der Waals surface area contributed by atoms with E-state index < -0.39 is 31.1 Å². The van der Waals surface area contributed by atoms with Crippen molar-refractivity contribution in [1.82, 2.24) is 14.9 Å². The van der Waals surface area contributed by atoms with Gasteiger partial charge in [-0.15, -0.1) is 5.10 Å². The van der Waals surface area contributed by atoms with E-state index in [2.05, 4.69) is 14.9 Å². The highest BCUT2D eigenvalue weighted by atomic mass is 32.2. The van der Waals surface area contributed by atoms with E-state index in [0.29, 0.717) is 6.42 Å². The quantitative estimate of drug-likeness (QED) is 0.692. The molecule has 1 aromatic heterocycles. The Labute approximate surface area is 147 Å². The lowest BCUT2D eigenvalue weighted by atomic mass is 10.1. The van der Waals surface area contributed by atoms with Gasteiger partial charge in [0.25, 0.3) is 0 Å². The van der Waals surface area contributed by atoms with E-state index in [0.717, 1.165) is 18.2 Å². The maximum absolute atomic E-state index is 12.2. The third kappa shape index (κ3) is 5.91. The number of sulfone groups is 1.